The van der Waals surface area contributed by atoms with E-state index in [2.05, 4.69) is 4.99 Å². The number of carbonyl (C=O) groups is 1. The molecule has 6 heteroatoms. The van der Waals surface area contributed by atoms with Crippen molar-refractivity contribution in [3.8, 4) is 0 Å². The molecule has 0 radical (unpaired) electrons. The summed E-state index contributed by atoms with van der Waals surface area (Å²) >= 11 is 0. The number of ketones is 1. The third-order valence-electron chi connectivity index (χ3n) is 3.28. The van der Waals surface area contributed by atoms with Crippen LogP contribution in [0.5, 0.6) is 0 Å². The highest BCUT2D eigenvalue weighted by molar-refractivity contribution is 5.75. The minimum atomic E-state index is -0.342. The summed E-state index contributed by atoms with van der Waals surface area (Å²) in [4.78, 5) is 39.1. The van der Waals surface area contributed by atoms with Crippen molar-refractivity contribution in [1.29, 1.82) is 0 Å². The predicted molar refractivity (Wildman–Crippen MR) is 72.3 cm³/mol. The smallest absolute Gasteiger partial charge is 0.300 e. The second-order valence-electron chi connectivity index (χ2n) is 4.78. The third kappa shape index (κ3) is 2.57. The molecule has 2 heterocycles. The fourth-order valence-corrected chi connectivity index (χ4v) is 2.23. The summed E-state index contributed by atoms with van der Waals surface area (Å²) in [5, 5.41) is 0. The van der Waals surface area contributed by atoms with Crippen LogP contribution in [-0.4, -0.2) is 21.1 Å². The highest BCUT2D eigenvalue weighted by atomic mass is 16.2. The Bertz CT molecular complexity index is 652. The monoisotopic (exact) mass is 263 g/mol. The van der Waals surface area contributed by atoms with E-state index in [1.807, 2.05) is 0 Å². The van der Waals surface area contributed by atoms with Crippen LogP contribution >= 0.6 is 0 Å². The molecule has 0 aromatic carbocycles. The topological polar surface area (TPSA) is 73.4 Å². The first-order chi connectivity index (χ1) is 9.02. The summed E-state index contributed by atoms with van der Waals surface area (Å²) in [6, 6.07) is 0. The van der Waals surface area contributed by atoms with Crippen LogP contribution in [0.25, 0.3) is 0 Å². The number of hydrogen-bond donors (Lipinski definition) is 0. The van der Waals surface area contributed by atoms with Gasteiger partial charge >= 0.3 is 5.69 Å². The number of aliphatic imine (C=N–C) groups is 1. The number of carbonyl (C=O) groups excluding carboxylic acids is 1. The van der Waals surface area contributed by atoms with Gasteiger partial charge in [-0.05, 0) is 19.8 Å². The first kappa shape index (κ1) is 13.5. The quantitative estimate of drug-likeness (QED) is 0.729. The Labute approximate surface area is 110 Å². The molecular formula is C13H17N3O3. The lowest BCUT2D eigenvalue weighted by atomic mass is 10.2. The Morgan fingerprint density at radius 3 is 2.79 bits per heavy atom. The maximum atomic E-state index is 12.2. The Morgan fingerprint density at radius 1 is 1.37 bits per heavy atom. The zero-order valence-corrected chi connectivity index (χ0v) is 11.2. The minimum absolute atomic E-state index is 0.127. The number of unbranched alkanes of at least 4 members (excludes halogenated alkanes) is 1. The highest BCUT2D eigenvalue weighted by Gasteiger charge is 2.18. The van der Waals surface area contributed by atoms with Crippen LogP contribution in [-0.2, 0) is 24.8 Å². The zero-order valence-electron chi connectivity index (χ0n) is 11.2. The number of aromatic nitrogens is 2. The lowest BCUT2D eigenvalue weighted by Crippen LogP contribution is -2.40. The maximum absolute atomic E-state index is 12.2. The molecule has 0 aliphatic carbocycles. The molecule has 6 nitrogen and oxygen atoms in total. The summed E-state index contributed by atoms with van der Waals surface area (Å²) in [5.41, 5.74) is -0.0160. The van der Waals surface area contributed by atoms with Crippen LogP contribution < -0.4 is 11.2 Å². The van der Waals surface area contributed by atoms with Crippen molar-refractivity contribution in [3.63, 3.8) is 0 Å². The predicted octanol–water partition coefficient (Wildman–Crippen LogP) is 0.565. The summed E-state index contributed by atoms with van der Waals surface area (Å²) in [6.07, 6.45) is 3.96. The molecule has 19 heavy (non-hydrogen) atoms. The van der Waals surface area contributed by atoms with Crippen LogP contribution in [0.2, 0.25) is 0 Å². The van der Waals surface area contributed by atoms with Crippen LogP contribution in [0.15, 0.2) is 14.6 Å². The van der Waals surface area contributed by atoms with Crippen LogP contribution in [0.4, 0.5) is 5.82 Å². The van der Waals surface area contributed by atoms with Crippen LogP contribution in [0, 0.1) is 0 Å². The van der Waals surface area contributed by atoms with Crippen LogP contribution in [0.3, 0.4) is 0 Å². The van der Waals surface area contributed by atoms with Crippen molar-refractivity contribution >= 4 is 17.8 Å². The van der Waals surface area contributed by atoms with E-state index in [1.54, 1.807) is 13.3 Å². The van der Waals surface area contributed by atoms with Gasteiger partial charge in [0.15, 0.2) is 0 Å². The average Bonchev–Trinajstić information content (AvgIpc) is 2.84. The van der Waals surface area contributed by atoms with Gasteiger partial charge in [-0.15, -0.1) is 0 Å². The van der Waals surface area contributed by atoms with Gasteiger partial charge in [-0.1, -0.05) is 0 Å². The molecule has 0 bridgehead atoms. The molecule has 1 aromatic rings. The first-order valence-electron chi connectivity index (χ1n) is 6.37. The molecule has 0 amide bonds. The minimum Gasteiger partial charge on any atom is -0.300 e. The van der Waals surface area contributed by atoms with Gasteiger partial charge in [0, 0.05) is 32.6 Å². The van der Waals surface area contributed by atoms with Crippen molar-refractivity contribution in [3.05, 3.63) is 26.4 Å². The lowest BCUT2D eigenvalue weighted by Gasteiger charge is -2.10. The van der Waals surface area contributed by atoms with Gasteiger partial charge in [-0.25, -0.2) is 9.79 Å². The van der Waals surface area contributed by atoms with Gasteiger partial charge in [0.1, 0.15) is 11.6 Å². The number of nitrogens with zero attached hydrogens (tertiary/aromatic N) is 3. The molecule has 0 saturated carbocycles. The fraction of sp³-hybridized carbons (Fsp3) is 0.538. The number of hydrogen-bond acceptors (Lipinski definition) is 4. The largest absolute Gasteiger partial charge is 0.332 e. The Hall–Kier alpha value is -1.98. The van der Waals surface area contributed by atoms with Crippen molar-refractivity contribution < 1.29 is 4.79 Å². The summed E-state index contributed by atoms with van der Waals surface area (Å²) < 4.78 is 2.65. The van der Waals surface area contributed by atoms with Gasteiger partial charge in [0.2, 0.25) is 0 Å². The highest BCUT2D eigenvalue weighted by Crippen LogP contribution is 2.17. The molecule has 2 rings (SSSR count). The number of rotatable bonds is 5. The number of fused-ring (bicyclic) bond motifs is 1. The van der Waals surface area contributed by atoms with Crippen molar-refractivity contribution in [2.24, 2.45) is 12.0 Å². The summed E-state index contributed by atoms with van der Waals surface area (Å²) in [6.45, 7) is 1.89. The second kappa shape index (κ2) is 5.34. The van der Waals surface area contributed by atoms with Gasteiger partial charge in [-0.3, -0.25) is 13.9 Å². The van der Waals surface area contributed by atoms with E-state index in [1.165, 1.54) is 16.1 Å². The summed E-state index contributed by atoms with van der Waals surface area (Å²) in [5.74, 6) is 0.595. The third-order valence-corrected chi connectivity index (χ3v) is 3.28. The Balaban J connectivity index is 2.23. The average molecular weight is 263 g/mol. The zero-order chi connectivity index (χ0) is 14.0. The van der Waals surface area contributed by atoms with Crippen molar-refractivity contribution in [1.82, 2.24) is 9.13 Å². The van der Waals surface area contributed by atoms with E-state index >= 15 is 0 Å². The molecule has 0 fully saturated rings. The van der Waals surface area contributed by atoms with E-state index in [0.717, 1.165) is 0 Å². The van der Waals surface area contributed by atoms with Gasteiger partial charge in [-0.2, -0.15) is 0 Å². The van der Waals surface area contributed by atoms with Gasteiger partial charge in [0.25, 0.3) is 5.56 Å². The molecule has 0 spiro atoms. The van der Waals surface area contributed by atoms with Gasteiger partial charge in [0.05, 0.1) is 5.56 Å². The Morgan fingerprint density at radius 2 is 2.11 bits per heavy atom. The molecule has 102 valence electrons. The van der Waals surface area contributed by atoms with Crippen molar-refractivity contribution in [2.75, 3.05) is 0 Å². The molecular weight excluding hydrogens is 246 g/mol. The van der Waals surface area contributed by atoms with E-state index in [0.29, 0.717) is 43.6 Å². The number of Topliss-reactive ketones (excluding diaryl/α,β-unsaturated/α-hetero) is 1. The van der Waals surface area contributed by atoms with Gasteiger partial charge < -0.3 is 4.79 Å². The SMILES string of the molecule is CC(=O)CCCCn1c(=O)c2c(n(C)c1=O)N=CC2. The molecule has 1 aromatic heterocycles. The molecule has 1 aliphatic heterocycles. The van der Waals surface area contributed by atoms with Crippen molar-refractivity contribution in [2.45, 2.75) is 39.2 Å². The van der Waals surface area contributed by atoms with E-state index in [4.69, 9.17) is 0 Å². The fourth-order valence-electron chi connectivity index (χ4n) is 2.23. The summed E-state index contributed by atoms with van der Waals surface area (Å²) in [7, 11) is 1.62. The normalized spacial score (nSPS) is 12.7. The van der Waals surface area contributed by atoms with E-state index in [9.17, 15) is 14.4 Å². The van der Waals surface area contributed by atoms with E-state index in [-0.39, 0.29) is 17.0 Å². The first-order valence-corrected chi connectivity index (χ1v) is 6.37. The lowest BCUT2D eigenvalue weighted by molar-refractivity contribution is -0.117. The Kier molecular flexibility index (Phi) is 3.78. The maximum Gasteiger partial charge on any atom is 0.332 e. The van der Waals surface area contributed by atoms with E-state index < -0.39 is 0 Å². The molecule has 0 saturated heterocycles. The molecule has 1 aliphatic rings. The standard InChI is InChI=1S/C13H17N3O3/c1-9(17)5-3-4-8-16-12(18)10-6-7-14-11(10)15(2)13(16)19/h7H,3-6,8H2,1-2H3. The molecule has 0 N–H and O–H groups in total. The second-order valence-corrected chi connectivity index (χ2v) is 4.78. The molecule has 0 unspecified atom stereocenters. The van der Waals surface area contributed by atoms with Crippen LogP contribution in [0.1, 0.15) is 31.7 Å². The molecule has 0 atom stereocenters.